The monoisotopic (exact) mass is 358 g/mol. The van der Waals surface area contributed by atoms with Crippen LogP contribution in [-0.4, -0.2) is 38.1 Å². The van der Waals surface area contributed by atoms with Crippen molar-refractivity contribution < 1.29 is 29.2 Å². The number of ether oxygens (including phenoxy) is 4. The summed E-state index contributed by atoms with van der Waals surface area (Å²) < 4.78 is 21.3. The fraction of sp³-hybridized carbons (Fsp3) is 0.200. The van der Waals surface area contributed by atoms with Gasteiger partial charge < -0.3 is 29.2 Å². The van der Waals surface area contributed by atoms with Gasteiger partial charge in [-0.25, -0.2) is 0 Å². The lowest BCUT2D eigenvalue weighted by atomic mass is 10.1. The molecule has 0 radical (unpaired) electrons. The Morgan fingerprint density at radius 1 is 0.846 bits per heavy atom. The Bertz CT molecular complexity index is 785. The van der Waals surface area contributed by atoms with E-state index in [0.717, 1.165) is 5.56 Å². The van der Waals surface area contributed by atoms with Gasteiger partial charge in [-0.1, -0.05) is 24.8 Å². The van der Waals surface area contributed by atoms with Crippen LogP contribution < -0.4 is 18.9 Å². The van der Waals surface area contributed by atoms with Crippen molar-refractivity contribution in [3.63, 3.8) is 0 Å². The van der Waals surface area contributed by atoms with Gasteiger partial charge in [-0.2, -0.15) is 0 Å². The van der Waals surface area contributed by atoms with Crippen molar-refractivity contribution in [3.05, 3.63) is 48.0 Å². The van der Waals surface area contributed by atoms with E-state index in [1.54, 1.807) is 51.7 Å². The summed E-state index contributed by atoms with van der Waals surface area (Å²) in [6, 6.07) is 6.65. The normalized spacial score (nSPS) is 10.6. The third-order valence-electron chi connectivity index (χ3n) is 3.59. The van der Waals surface area contributed by atoms with E-state index in [1.165, 1.54) is 6.07 Å². The molecule has 0 aliphatic heterocycles. The van der Waals surface area contributed by atoms with Gasteiger partial charge in [-0.3, -0.25) is 0 Å². The standard InChI is InChI=1S/C20H22O6/c1-5-8-26-16-10-13(9-15(21)19(16)22)6-7-14-11-17(23-2)20(25-4)18(12-14)24-3/h5-7,9-12,21-22H,1,8H2,2-4H3/b7-6-. The Labute approximate surface area is 152 Å². The highest BCUT2D eigenvalue weighted by Gasteiger charge is 2.12. The Hall–Kier alpha value is -3.28. The zero-order valence-electron chi connectivity index (χ0n) is 15.0. The Morgan fingerprint density at radius 2 is 1.38 bits per heavy atom. The molecule has 0 amide bonds. The van der Waals surface area contributed by atoms with Crippen LogP contribution in [0.4, 0.5) is 0 Å². The molecule has 2 N–H and O–H groups in total. The van der Waals surface area contributed by atoms with Crippen LogP contribution in [0.5, 0.6) is 34.5 Å². The van der Waals surface area contributed by atoms with Crippen LogP contribution in [0.25, 0.3) is 12.2 Å². The van der Waals surface area contributed by atoms with Crippen LogP contribution >= 0.6 is 0 Å². The van der Waals surface area contributed by atoms with Crippen LogP contribution in [0, 0.1) is 0 Å². The molecule has 2 aromatic carbocycles. The van der Waals surface area contributed by atoms with Crippen molar-refractivity contribution in [2.75, 3.05) is 27.9 Å². The smallest absolute Gasteiger partial charge is 0.203 e. The molecule has 2 rings (SSSR count). The lowest BCUT2D eigenvalue weighted by Crippen LogP contribution is -1.95. The van der Waals surface area contributed by atoms with Gasteiger partial charge in [-0.15, -0.1) is 0 Å². The average Bonchev–Trinajstić information content (AvgIpc) is 2.66. The first kappa shape index (κ1) is 19.1. The van der Waals surface area contributed by atoms with E-state index in [2.05, 4.69) is 6.58 Å². The highest BCUT2D eigenvalue weighted by molar-refractivity contribution is 5.74. The minimum Gasteiger partial charge on any atom is -0.504 e. The van der Waals surface area contributed by atoms with E-state index in [0.29, 0.717) is 22.8 Å². The van der Waals surface area contributed by atoms with Crippen molar-refractivity contribution in [2.24, 2.45) is 0 Å². The maximum Gasteiger partial charge on any atom is 0.203 e. The highest BCUT2D eigenvalue weighted by atomic mass is 16.5. The fourth-order valence-corrected chi connectivity index (χ4v) is 2.36. The predicted molar refractivity (Wildman–Crippen MR) is 100 cm³/mol. The molecule has 0 fully saturated rings. The minimum absolute atomic E-state index is 0.175. The van der Waals surface area contributed by atoms with Crippen molar-refractivity contribution in [2.45, 2.75) is 0 Å². The van der Waals surface area contributed by atoms with Crippen LogP contribution in [0.3, 0.4) is 0 Å². The lowest BCUT2D eigenvalue weighted by Gasteiger charge is -2.13. The SMILES string of the molecule is C=CCOc1cc(/C=C\c2cc(OC)c(OC)c(OC)c2)cc(O)c1O. The zero-order chi connectivity index (χ0) is 19.1. The Morgan fingerprint density at radius 3 is 1.88 bits per heavy atom. The molecule has 26 heavy (non-hydrogen) atoms. The number of aromatic hydroxyl groups is 2. The number of methoxy groups -OCH3 is 3. The highest BCUT2D eigenvalue weighted by Crippen LogP contribution is 2.39. The van der Waals surface area contributed by atoms with E-state index < -0.39 is 0 Å². The summed E-state index contributed by atoms with van der Waals surface area (Å²) in [7, 11) is 4.64. The summed E-state index contributed by atoms with van der Waals surface area (Å²) in [5.74, 6) is 1.18. The van der Waals surface area contributed by atoms with Gasteiger partial charge >= 0.3 is 0 Å². The van der Waals surface area contributed by atoms with Crippen LogP contribution in [0.15, 0.2) is 36.9 Å². The number of hydrogen-bond acceptors (Lipinski definition) is 6. The van der Waals surface area contributed by atoms with Crippen LogP contribution in [0.1, 0.15) is 11.1 Å². The first-order valence-corrected chi connectivity index (χ1v) is 7.81. The fourth-order valence-electron chi connectivity index (χ4n) is 2.36. The lowest BCUT2D eigenvalue weighted by molar-refractivity contribution is 0.324. The molecule has 138 valence electrons. The molecule has 2 aromatic rings. The summed E-state index contributed by atoms with van der Waals surface area (Å²) in [4.78, 5) is 0. The summed E-state index contributed by atoms with van der Waals surface area (Å²) >= 11 is 0. The first-order chi connectivity index (χ1) is 12.5. The van der Waals surface area contributed by atoms with Gasteiger partial charge in [0.15, 0.2) is 23.0 Å². The second-order valence-electron chi connectivity index (χ2n) is 5.28. The molecular weight excluding hydrogens is 336 g/mol. The molecule has 6 nitrogen and oxygen atoms in total. The summed E-state index contributed by atoms with van der Waals surface area (Å²) in [5.41, 5.74) is 1.45. The predicted octanol–water partition coefficient (Wildman–Crippen LogP) is 3.86. The van der Waals surface area contributed by atoms with Gasteiger partial charge in [0.1, 0.15) is 6.61 Å². The van der Waals surface area contributed by atoms with E-state index in [-0.39, 0.29) is 23.9 Å². The van der Waals surface area contributed by atoms with E-state index in [9.17, 15) is 10.2 Å². The topological polar surface area (TPSA) is 77.4 Å². The third-order valence-corrected chi connectivity index (χ3v) is 3.59. The third kappa shape index (κ3) is 4.22. The molecule has 0 aromatic heterocycles. The van der Waals surface area contributed by atoms with Crippen molar-refractivity contribution >= 4 is 12.2 Å². The maximum absolute atomic E-state index is 9.86. The second kappa shape index (κ2) is 8.71. The van der Waals surface area contributed by atoms with Gasteiger partial charge in [0, 0.05) is 0 Å². The first-order valence-electron chi connectivity index (χ1n) is 7.81. The molecule has 6 heteroatoms. The summed E-state index contributed by atoms with van der Waals surface area (Å²) in [5, 5.41) is 19.7. The zero-order valence-corrected chi connectivity index (χ0v) is 15.0. The Balaban J connectivity index is 2.37. The number of phenols is 2. The number of hydrogen-bond donors (Lipinski definition) is 2. The van der Waals surface area contributed by atoms with E-state index in [1.807, 2.05) is 6.08 Å². The van der Waals surface area contributed by atoms with Gasteiger partial charge in [0.25, 0.3) is 0 Å². The van der Waals surface area contributed by atoms with Gasteiger partial charge in [0.2, 0.25) is 11.5 Å². The van der Waals surface area contributed by atoms with E-state index >= 15 is 0 Å². The summed E-state index contributed by atoms with van der Waals surface area (Å²) in [6.45, 7) is 3.77. The van der Waals surface area contributed by atoms with Crippen molar-refractivity contribution in [1.82, 2.24) is 0 Å². The Kier molecular flexibility index (Phi) is 6.38. The van der Waals surface area contributed by atoms with Crippen molar-refractivity contribution in [1.29, 1.82) is 0 Å². The molecule has 0 aliphatic rings. The molecule has 0 atom stereocenters. The molecule has 0 spiro atoms. The molecule has 0 aliphatic carbocycles. The van der Waals surface area contributed by atoms with E-state index in [4.69, 9.17) is 18.9 Å². The second-order valence-corrected chi connectivity index (χ2v) is 5.28. The molecule has 0 unspecified atom stereocenters. The molecule has 0 saturated carbocycles. The minimum atomic E-state index is -0.309. The molecule has 0 heterocycles. The quantitative estimate of drug-likeness (QED) is 0.424. The number of phenolic OH excluding ortho intramolecular Hbond substituents is 2. The van der Waals surface area contributed by atoms with Gasteiger partial charge in [0.05, 0.1) is 21.3 Å². The van der Waals surface area contributed by atoms with Crippen LogP contribution in [-0.2, 0) is 0 Å². The maximum atomic E-state index is 9.86. The number of benzene rings is 2. The van der Waals surface area contributed by atoms with Crippen LogP contribution in [0.2, 0.25) is 0 Å². The average molecular weight is 358 g/mol. The largest absolute Gasteiger partial charge is 0.504 e. The number of rotatable bonds is 8. The summed E-state index contributed by atoms with van der Waals surface area (Å²) in [6.07, 6.45) is 5.13. The van der Waals surface area contributed by atoms with Crippen molar-refractivity contribution in [3.8, 4) is 34.5 Å². The van der Waals surface area contributed by atoms with Gasteiger partial charge in [-0.05, 0) is 35.4 Å². The molecule has 0 bridgehead atoms. The molecule has 0 saturated heterocycles. The molecular formula is C20H22O6.